The van der Waals surface area contributed by atoms with Crippen LogP contribution >= 0.6 is 0 Å². The number of sulfonamides is 1. The Morgan fingerprint density at radius 3 is 2.71 bits per heavy atom. The van der Waals surface area contributed by atoms with Crippen LogP contribution in [0.5, 0.6) is 0 Å². The van der Waals surface area contributed by atoms with E-state index in [2.05, 4.69) is 0 Å². The van der Waals surface area contributed by atoms with E-state index in [0.717, 1.165) is 16.4 Å². The lowest BCUT2D eigenvalue weighted by Crippen LogP contribution is -2.36. The Hall–Kier alpha value is -1.93. The highest BCUT2D eigenvalue weighted by Crippen LogP contribution is 2.25. The van der Waals surface area contributed by atoms with E-state index in [9.17, 15) is 17.6 Å². The summed E-state index contributed by atoms with van der Waals surface area (Å²) >= 11 is 0. The second-order valence-corrected chi connectivity index (χ2v) is 6.35. The minimum atomic E-state index is -4.07. The van der Waals surface area contributed by atoms with Gasteiger partial charge in [0.2, 0.25) is 5.09 Å². The van der Waals surface area contributed by atoms with Crippen molar-refractivity contribution in [3.63, 3.8) is 0 Å². The molecule has 0 aliphatic rings. The summed E-state index contributed by atoms with van der Waals surface area (Å²) in [5.74, 6) is -1.77. The van der Waals surface area contributed by atoms with Gasteiger partial charge in [-0.05, 0) is 24.6 Å². The predicted octanol–water partition coefficient (Wildman–Crippen LogP) is 2.06. The van der Waals surface area contributed by atoms with Gasteiger partial charge in [0.25, 0.3) is 10.0 Å². The van der Waals surface area contributed by atoms with Crippen molar-refractivity contribution in [1.82, 2.24) is 4.31 Å². The molecule has 2 aromatic rings. The van der Waals surface area contributed by atoms with E-state index in [4.69, 9.17) is 9.52 Å². The number of carbonyl (C=O) groups is 1. The maximum absolute atomic E-state index is 13.1. The van der Waals surface area contributed by atoms with Gasteiger partial charge in [0.05, 0.1) is 0 Å². The molecule has 0 saturated heterocycles. The molecule has 0 aliphatic carbocycles. The van der Waals surface area contributed by atoms with Crippen molar-refractivity contribution in [3.8, 4) is 0 Å². The molecule has 2 rings (SSSR count). The minimum Gasteiger partial charge on any atom is -0.480 e. The van der Waals surface area contributed by atoms with Gasteiger partial charge < -0.3 is 9.52 Å². The fourth-order valence-electron chi connectivity index (χ4n) is 1.93. The Kier molecular flexibility index (Phi) is 4.29. The van der Waals surface area contributed by atoms with Gasteiger partial charge in [-0.2, -0.15) is 4.31 Å². The van der Waals surface area contributed by atoms with Gasteiger partial charge in [0, 0.05) is 18.0 Å². The summed E-state index contributed by atoms with van der Waals surface area (Å²) in [7, 11) is -4.07. The highest BCUT2D eigenvalue weighted by Gasteiger charge is 2.29. The molecule has 1 aromatic heterocycles. The van der Waals surface area contributed by atoms with Crippen LogP contribution in [-0.2, 0) is 14.8 Å². The summed E-state index contributed by atoms with van der Waals surface area (Å²) in [5.41, 5.74) is 0.224. The quantitative estimate of drug-likeness (QED) is 0.881. The van der Waals surface area contributed by atoms with Crippen LogP contribution in [0, 0.1) is 5.82 Å². The summed E-state index contributed by atoms with van der Waals surface area (Å²) in [6.07, 6.45) is 0.460. The third kappa shape index (κ3) is 3.22. The van der Waals surface area contributed by atoms with E-state index in [1.165, 1.54) is 12.1 Å². The van der Waals surface area contributed by atoms with Crippen molar-refractivity contribution in [3.05, 3.63) is 30.1 Å². The molecule has 0 saturated carbocycles. The third-order valence-electron chi connectivity index (χ3n) is 2.83. The van der Waals surface area contributed by atoms with Gasteiger partial charge in [-0.3, -0.25) is 4.79 Å². The molecule has 1 heterocycles. The van der Waals surface area contributed by atoms with Crippen LogP contribution in [-0.4, -0.2) is 36.9 Å². The first-order valence-electron chi connectivity index (χ1n) is 6.25. The maximum Gasteiger partial charge on any atom is 0.318 e. The average molecular weight is 315 g/mol. The second-order valence-electron chi connectivity index (χ2n) is 4.48. The van der Waals surface area contributed by atoms with Gasteiger partial charge in [-0.1, -0.05) is 6.92 Å². The Morgan fingerprint density at radius 1 is 1.38 bits per heavy atom. The summed E-state index contributed by atoms with van der Waals surface area (Å²) in [6.45, 7) is 1.14. The summed E-state index contributed by atoms with van der Waals surface area (Å²) < 4.78 is 43.9. The van der Waals surface area contributed by atoms with Gasteiger partial charge in [0.15, 0.2) is 0 Å². The number of rotatable bonds is 6. The fraction of sp³-hybridized carbons (Fsp3) is 0.308. The minimum absolute atomic E-state index is 0.0556. The molecule has 0 radical (unpaired) electrons. The van der Waals surface area contributed by atoms with E-state index >= 15 is 0 Å². The third-order valence-corrected chi connectivity index (χ3v) is 4.54. The van der Waals surface area contributed by atoms with Crippen LogP contribution in [0.2, 0.25) is 0 Å². The van der Waals surface area contributed by atoms with E-state index in [-0.39, 0.29) is 12.1 Å². The van der Waals surface area contributed by atoms with Crippen LogP contribution in [0.3, 0.4) is 0 Å². The molecule has 21 heavy (non-hydrogen) atoms. The summed E-state index contributed by atoms with van der Waals surface area (Å²) in [4.78, 5) is 10.8. The zero-order chi connectivity index (χ0) is 15.6. The molecular weight excluding hydrogens is 301 g/mol. The maximum atomic E-state index is 13.1. The Bertz CT molecular complexity index is 768. The van der Waals surface area contributed by atoms with E-state index in [1.54, 1.807) is 6.92 Å². The molecule has 0 aliphatic heterocycles. The molecule has 0 fully saturated rings. The van der Waals surface area contributed by atoms with Crippen LogP contribution in [0.25, 0.3) is 11.0 Å². The highest BCUT2D eigenvalue weighted by molar-refractivity contribution is 7.89. The number of benzene rings is 1. The van der Waals surface area contributed by atoms with E-state index in [0.29, 0.717) is 11.8 Å². The SMILES string of the molecule is CCCN(CC(=O)O)S(=O)(=O)c1cc2cc(F)ccc2o1. The zero-order valence-electron chi connectivity index (χ0n) is 11.2. The smallest absolute Gasteiger partial charge is 0.318 e. The van der Waals surface area contributed by atoms with Crippen molar-refractivity contribution in [2.75, 3.05) is 13.1 Å². The van der Waals surface area contributed by atoms with Crippen molar-refractivity contribution in [2.24, 2.45) is 0 Å². The Morgan fingerprint density at radius 2 is 2.10 bits per heavy atom. The fourth-order valence-corrected chi connectivity index (χ4v) is 3.36. The van der Waals surface area contributed by atoms with Crippen molar-refractivity contribution < 1.29 is 27.1 Å². The van der Waals surface area contributed by atoms with Crippen LogP contribution in [0.1, 0.15) is 13.3 Å². The number of nitrogens with zero attached hydrogens (tertiary/aromatic N) is 1. The summed E-state index contributed by atoms with van der Waals surface area (Å²) in [6, 6.07) is 4.83. The molecule has 8 heteroatoms. The second kappa shape index (κ2) is 5.82. The van der Waals surface area contributed by atoms with Gasteiger partial charge >= 0.3 is 5.97 Å². The number of carboxylic acid groups (broad SMARTS) is 1. The number of halogens is 1. The van der Waals surface area contributed by atoms with Crippen LogP contribution < -0.4 is 0 Å². The van der Waals surface area contributed by atoms with Gasteiger partial charge in [0.1, 0.15) is 17.9 Å². The lowest BCUT2D eigenvalue weighted by molar-refractivity contribution is -0.137. The first-order chi connectivity index (χ1) is 9.84. The van der Waals surface area contributed by atoms with E-state index < -0.39 is 33.4 Å². The highest BCUT2D eigenvalue weighted by atomic mass is 32.2. The van der Waals surface area contributed by atoms with Crippen molar-refractivity contribution in [2.45, 2.75) is 18.4 Å². The van der Waals surface area contributed by atoms with Crippen molar-refractivity contribution >= 4 is 27.0 Å². The molecule has 1 N–H and O–H groups in total. The molecule has 0 spiro atoms. The monoisotopic (exact) mass is 315 g/mol. The molecule has 0 unspecified atom stereocenters. The van der Waals surface area contributed by atoms with Crippen molar-refractivity contribution in [1.29, 1.82) is 0 Å². The number of hydrogen-bond donors (Lipinski definition) is 1. The van der Waals surface area contributed by atoms with Gasteiger partial charge in [-0.15, -0.1) is 0 Å². The molecule has 1 aromatic carbocycles. The molecule has 114 valence electrons. The average Bonchev–Trinajstić information content (AvgIpc) is 2.81. The van der Waals surface area contributed by atoms with Crippen LogP contribution in [0.4, 0.5) is 4.39 Å². The molecule has 6 nitrogen and oxygen atoms in total. The standard InChI is InChI=1S/C13H14FNO5S/c1-2-5-15(8-12(16)17)21(18,19)13-7-9-6-10(14)3-4-11(9)20-13/h3-4,6-7H,2,5,8H2,1H3,(H,16,17). The topological polar surface area (TPSA) is 87.8 Å². The molecule has 0 atom stereocenters. The number of furan rings is 1. The largest absolute Gasteiger partial charge is 0.480 e. The number of fused-ring (bicyclic) bond motifs is 1. The first kappa shape index (κ1) is 15.5. The number of aliphatic carboxylic acids is 1. The lowest BCUT2D eigenvalue weighted by atomic mass is 10.2. The number of hydrogen-bond acceptors (Lipinski definition) is 4. The predicted molar refractivity (Wildman–Crippen MR) is 72.9 cm³/mol. The molecule has 0 amide bonds. The van der Waals surface area contributed by atoms with Crippen LogP contribution in [0.15, 0.2) is 33.8 Å². The summed E-state index contributed by atoms with van der Waals surface area (Å²) in [5, 5.41) is 8.73. The zero-order valence-corrected chi connectivity index (χ0v) is 12.1. The molecule has 0 bridgehead atoms. The number of carboxylic acids is 1. The van der Waals surface area contributed by atoms with Gasteiger partial charge in [-0.25, -0.2) is 12.8 Å². The first-order valence-corrected chi connectivity index (χ1v) is 7.69. The Balaban J connectivity index is 2.45. The Labute approximate surface area is 120 Å². The lowest BCUT2D eigenvalue weighted by Gasteiger charge is -2.17. The normalized spacial score (nSPS) is 12.1. The molecular formula is C13H14FNO5S. The van der Waals surface area contributed by atoms with E-state index in [1.807, 2.05) is 0 Å².